The van der Waals surface area contributed by atoms with Crippen LogP contribution in [0.4, 0.5) is 14.4 Å². The molecule has 18 heavy (non-hydrogen) atoms. The van der Waals surface area contributed by atoms with Gasteiger partial charge in [0.15, 0.2) is 11.7 Å². The summed E-state index contributed by atoms with van der Waals surface area (Å²) in [6, 6.07) is -0.652. The quantitative estimate of drug-likeness (QED) is 0.741. The summed E-state index contributed by atoms with van der Waals surface area (Å²) in [4.78, 5) is 40.1. The molecule has 0 atom stereocenters. The van der Waals surface area contributed by atoms with Crippen LogP contribution >= 0.6 is 0 Å². The van der Waals surface area contributed by atoms with Crippen LogP contribution in [-0.4, -0.2) is 43.1 Å². The van der Waals surface area contributed by atoms with E-state index in [0.29, 0.717) is 0 Å². The Kier molecular flexibility index (Phi) is 4.78. The average Bonchev–Trinajstić information content (AvgIpc) is 2.59. The molecule has 0 bridgehead atoms. The van der Waals surface area contributed by atoms with Gasteiger partial charge >= 0.3 is 18.2 Å². The van der Waals surface area contributed by atoms with E-state index in [9.17, 15) is 14.4 Å². The Morgan fingerprint density at radius 2 is 1.39 bits per heavy atom. The van der Waals surface area contributed by atoms with Crippen molar-refractivity contribution in [2.75, 3.05) is 13.2 Å². The van der Waals surface area contributed by atoms with Gasteiger partial charge < -0.3 is 9.47 Å². The highest BCUT2D eigenvalue weighted by Gasteiger charge is 2.25. The van der Waals surface area contributed by atoms with Crippen LogP contribution in [-0.2, 0) is 9.47 Å². The van der Waals surface area contributed by atoms with Crippen molar-refractivity contribution in [3.63, 3.8) is 0 Å². The Bertz CT molecular complexity index is 391. The molecule has 0 radical (unpaired) electrons. The van der Waals surface area contributed by atoms with E-state index in [1.807, 2.05) is 0 Å². The highest BCUT2D eigenvalue weighted by molar-refractivity contribution is 6.51. The van der Waals surface area contributed by atoms with Crippen molar-refractivity contribution in [2.45, 2.75) is 13.8 Å². The van der Waals surface area contributed by atoms with Crippen LogP contribution in [0.5, 0.6) is 0 Å². The third-order valence-corrected chi connectivity index (χ3v) is 1.63. The van der Waals surface area contributed by atoms with Crippen LogP contribution in [0.2, 0.25) is 0 Å². The molecule has 9 nitrogen and oxygen atoms in total. The zero-order valence-corrected chi connectivity index (χ0v) is 9.85. The molecule has 1 rings (SSSR count). The molecule has 0 saturated carbocycles. The number of rotatable bonds is 2. The van der Waals surface area contributed by atoms with Gasteiger partial charge in [-0.3, -0.25) is 10.6 Å². The fourth-order valence-corrected chi connectivity index (χ4v) is 1.02. The monoisotopic (exact) mass is 256 g/mol. The van der Waals surface area contributed by atoms with E-state index < -0.39 is 18.2 Å². The molecule has 1 fully saturated rings. The smallest absolute Gasteiger partial charge is 0.435 e. The van der Waals surface area contributed by atoms with Gasteiger partial charge in [0.25, 0.3) is 0 Å². The summed E-state index contributed by atoms with van der Waals surface area (Å²) in [6.07, 6.45) is -1.79. The summed E-state index contributed by atoms with van der Waals surface area (Å²) >= 11 is 0. The predicted molar refractivity (Wildman–Crippen MR) is 60.6 cm³/mol. The Balaban J connectivity index is 2.85. The van der Waals surface area contributed by atoms with Crippen molar-refractivity contribution < 1.29 is 23.9 Å². The minimum atomic E-state index is -0.895. The maximum Gasteiger partial charge on any atom is 0.435 e. The van der Waals surface area contributed by atoms with Gasteiger partial charge in [0.05, 0.1) is 13.2 Å². The Hall–Kier alpha value is -2.45. The molecule has 0 aromatic carbocycles. The van der Waals surface area contributed by atoms with E-state index in [1.54, 1.807) is 13.8 Å². The van der Waals surface area contributed by atoms with Crippen LogP contribution in [0, 0.1) is 0 Å². The number of carbonyl (C=O) groups excluding carboxylic acids is 3. The van der Waals surface area contributed by atoms with Crippen LogP contribution in [0.1, 0.15) is 13.8 Å². The maximum absolute atomic E-state index is 11.1. The third-order valence-electron chi connectivity index (χ3n) is 1.63. The van der Waals surface area contributed by atoms with E-state index in [2.05, 4.69) is 30.1 Å². The number of carbonyl (C=O) groups is 3. The molecule has 1 aliphatic rings. The summed E-state index contributed by atoms with van der Waals surface area (Å²) in [5, 5.41) is 4.40. The average molecular weight is 256 g/mol. The van der Waals surface area contributed by atoms with Gasteiger partial charge in [-0.2, -0.15) is 9.98 Å². The Labute approximate surface area is 102 Å². The lowest BCUT2D eigenvalue weighted by molar-refractivity contribution is 0.162. The van der Waals surface area contributed by atoms with E-state index in [-0.39, 0.29) is 24.9 Å². The number of nitrogens with zero attached hydrogens (tertiary/aromatic N) is 2. The van der Waals surface area contributed by atoms with Crippen LogP contribution in [0.3, 0.4) is 0 Å². The molecule has 0 aliphatic carbocycles. The SMILES string of the molecule is CCOC(=O)N=C1NC(=O)NC1=NC(=O)OCC. The third kappa shape index (κ3) is 3.85. The predicted octanol–water partition coefficient (Wildman–Crippen LogP) is 0.409. The maximum atomic E-state index is 11.1. The highest BCUT2D eigenvalue weighted by atomic mass is 16.5. The van der Waals surface area contributed by atoms with Crippen LogP contribution in [0.25, 0.3) is 0 Å². The van der Waals surface area contributed by atoms with Gasteiger partial charge in [0.1, 0.15) is 0 Å². The molecule has 2 N–H and O–H groups in total. The summed E-state index contributed by atoms with van der Waals surface area (Å²) in [5.41, 5.74) is 0. The van der Waals surface area contributed by atoms with Crippen molar-refractivity contribution in [2.24, 2.45) is 9.98 Å². The minimum absolute atomic E-state index is 0.140. The second kappa shape index (κ2) is 6.33. The number of amidine groups is 2. The number of aliphatic imine (C=N–C) groups is 2. The molecule has 0 spiro atoms. The number of amides is 4. The number of urea groups is 1. The van der Waals surface area contributed by atoms with Gasteiger partial charge in [-0.1, -0.05) is 0 Å². The van der Waals surface area contributed by atoms with Crippen molar-refractivity contribution in [3.05, 3.63) is 0 Å². The minimum Gasteiger partial charge on any atom is -0.448 e. The van der Waals surface area contributed by atoms with Gasteiger partial charge in [-0.25, -0.2) is 14.4 Å². The number of hydrogen-bond acceptors (Lipinski definition) is 5. The molecule has 4 amide bonds. The molecule has 9 heteroatoms. The highest BCUT2D eigenvalue weighted by Crippen LogP contribution is 1.95. The topological polar surface area (TPSA) is 118 Å². The molecular weight excluding hydrogens is 244 g/mol. The normalized spacial score (nSPS) is 18.4. The molecular formula is C9H12N4O5. The number of hydrogen-bond donors (Lipinski definition) is 2. The zero-order valence-electron chi connectivity index (χ0n) is 9.85. The Morgan fingerprint density at radius 3 is 1.72 bits per heavy atom. The van der Waals surface area contributed by atoms with Gasteiger partial charge in [-0.05, 0) is 13.8 Å². The molecule has 0 aromatic rings. The zero-order chi connectivity index (χ0) is 13.5. The first kappa shape index (κ1) is 13.6. The van der Waals surface area contributed by atoms with E-state index in [1.165, 1.54) is 0 Å². The summed E-state index contributed by atoms with van der Waals surface area (Å²) in [5.74, 6) is -0.377. The lowest BCUT2D eigenvalue weighted by Gasteiger charge is -1.99. The lowest BCUT2D eigenvalue weighted by Crippen LogP contribution is -2.25. The molecule has 0 aromatic heterocycles. The fraction of sp³-hybridized carbons (Fsp3) is 0.444. The van der Waals surface area contributed by atoms with Crippen molar-refractivity contribution >= 4 is 29.9 Å². The van der Waals surface area contributed by atoms with E-state index in [4.69, 9.17) is 0 Å². The fourth-order valence-electron chi connectivity index (χ4n) is 1.02. The second-order valence-electron chi connectivity index (χ2n) is 2.90. The van der Waals surface area contributed by atoms with Gasteiger partial charge in [0, 0.05) is 0 Å². The van der Waals surface area contributed by atoms with E-state index in [0.717, 1.165) is 0 Å². The van der Waals surface area contributed by atoms with Crippen molar-refractivity contribution in [3.8, 4) is 0 Å². The molecule has 1 saturated heterocycles. The molecule has 1 aliphatic heterocycles. The molecule has 1 heterocycles. The van der Waals surface area contributed by atoms with Crippen LogP contribution in [0.15, 0.2) is 9.98 Å². The second-order valence-corrected chi connectivity index (χ2v) is 2.90. The first-order valence-electron chi connectivity index (χ1n) is 5.16. The first-order chi connectivity index (χ1) is 8.56. The standard InChI is InChI=1S/C9H12N4O5/c1-3-17-8(15)12-5-6(11-7(14)10-5)13-9(16)18-4-2/h3-4H2,1-2H3,(H2,10,11,12,13,14,15,16). The van der Waals surface area contributed by atoms with Crippen LogP contribution < -0.4 is 10.6 Å². The van der Waals surface area contributed by atoms with Crippen molar-refractivity contribution in [1.29, 1.82) is 0 Å². The molecule has 98 valence electrons. The van der Waals surface area contributed by atoms with Gasteiger partial charge in [-0.15, -0.1) is 0 Å². The van der Waals surface area contributed by atoms with Crippen molar-refractivity contribution in [1.82, 2.24) is 10.6 Å². The summed E-state index contributed by atoms with van der Waals surface area (Å²) < 4.78 is 9.13. The number of ether oxygens (including phenoxy) is 2. The number of nitrogens with one attached hydrogen (secondary N) is 2. The largest absolute Gasteiger partial charge is 0.448 e. The first-order valence-corrected chi connectivity index (χ1v) is 5.16. The van der Waals surface area contributed by atoms with E-state index >= 15 is 0 Å². The summed E-state index contributed by atoms with van der Waals surface area (Å²) in [7, 11) is 0. The summed E-state index contributed by atoms with van der Waals surface area (Å²) in [6.45, 7) is 3.50. The van der Waals surface area contributed by atoms with Gasteiger partial charge in [0.2, 0.25) is 0 Å². The lowest BCUT2D eigenvalue weighted by atomic mass is 10.5. The Morgan fingerprint density at radius 1 is 1.00 bits per heavy atom. The molecule has 0 unspecified atom stereocenters.